The van der Waals surface area contributed by atoms with Gasteiger partial charge in [-0.1, -0.05) is 50.8 Å². The maximum atomic E-state index is 12.9. The van der Waals surface area contributed by atoms with Crippen molar-refractivity contribution in [1.82, 2.24) is 5.32 Å². The van der Waals surface area contributed by atoms with E-state index in [4.69, 9.17) is 18.6 Å². The third-order valence-electron chi connectivity index (χ3n) is 7.88. The number of anilines is 1. The van der Waals surface area contributed by atoms with Crippen molar-refractivity contribution in [3.63, 3.8) is 0 Å². The molecule has 0 spiro atoms. The Bertz CT molecular complexity index is 1710. The number of ether oxygens (including phenoxy) is 3. The molecule has 1 amide bonds. The molecule has 3 aromatic carbocycles. The molecular formula is C38H44N2O9. The number of rotatable bonds is 18. The van der Waals surface area contributed by atoms with Gasteiger partial charge in [0.2, 0.25) is 0 Å². The number of hydrogen-bond acceptors (Lipinski definition) is 9. The topological polar surface area (TPSA) is 157 Å². The highest BCUT2D eigenvalue weighted by Gasteiger charge is 2.23. The fraction of sp³-hybridized carbons (Fsp3) is 0.342. The fourth-order valence-electron chi connectivity index (χ4n) is 5.25. The lowest BCUT2D eigenvalue weighted by molar-refractivity contribution is -0.140. The molecule has 0 saturated heterocycles. The number of amides is 1. The number of furan rings is 1. The zero-order valence-corrected chi connectivity index (χ0v) is 28.3. The number of carboxylic acids is 1. The van der Waals surface area contributed by atoms with Crippen LogP contribution in [0, 0.1) is 13.8 Å². The van der Waals surface area contributed by atoms with Crippen molar-refractivity contribution in [1.29, 1.82) is 0 Å². The number of carboxylic acid groups (broad SMARTS) is 1. The predicted octanol–water partition coefficient (Wildman–Crippen LogP) is 7.00. The standard InChI is InChI=1S/C38H44N2O9/c1-5-6-7-8-9-19-47-30-16-14-27(15-17-30)38(45)49-33-18-13-26(22-34(33)46-4)21-32(37(43)44)40-35(41)28-11-10-12-29(23-28)39-36(42)31-20-24(2)48-25(31)3/h10-18,20,22-23,32,35,40-41H,5-9,19,21H2,1-4H3,(H,39,42)(H,43,44). The quantitative estimate of drug-likeness (QED) is 0.0376. The minimum atomic E-state index is -1.36. The van der Waals surface area contributed by atoms with Gasteiger partial charge in [0.1, 0.15) is 29.5 Å². The highest BCUT2D eigenvalue weighted by Crippen LogP contribution is 2.30. The van der Waals surface area contributed by atoms with E-state index in [1.165, 1.54) is 32.4 Å². The second kappa shape index (κ2) is 17.9. The minimum Gasteiger partial charge on any atom is -0.494 e. The number of aliphatic carboxylic acids is 1. The molecule has 2 unspecified atom stereocenters. The second-order valence-corrected chi connectivity index (χ2v) is 11.7. The lowest BCUT2D eigenvalue weighted by atomic mass is 10.0. The molecule has 0 bridgehead atoms. The molecule has 11 nitrogen and oxygen atoms in total. The highest BCUT2D eigenvalue weighted by atomic mass is 16.6. The normalized spacial score (nSPS) is 12.2. The average Bonchev–Trinajstić information content (AvgIpc) is 3.44. The van der Waals surface area contributed by atoms with E-state index in [0.29, 0.717) is 51.8 Å². The van der Waals surface area contributed by atoms with E-state index in [0.717, 1.165) is 12.8 Å². The van der Waals surface area contributed by atoms with Crippen molar-refractivity contribution in [3.05, 3.63) is 107 Å². The lowest BCUT2D eigenvalue weighted by Gasteiger charge is -2.21. The molecule has 0 saturated carbocycles. The first kappa shape index (κ1) is 36.7. The molecule has 0 radical (unpaired) electrons. The zero-order chi connectivity index (χ0) is 35.3. The van der Waals surface area contributed by atoms with Crippen LogP contribution in [0.1, 0.15) is 88.6 Å². The van der Waals surface area contributed by atoms with Gasteiger partial charge in [0.25, 0.3) is 5.91 Å². The molecule has 0 fully saturated rings. The summed E-state index contributed by atoms with van der Waals surface area (Å²) in [7, 11) is 1.42. The van der Waals surface area contributed by atoms with Gasteiger partial charge in [-0.05, 0) is 92.4 Å². The van der Waals surface area contributed by atoms with E-state index in [9.17, 15) is 24.6 Å². The summed E-state index contributed by atoms with van der Waals surface area (Å²) in [6.07, 6.45) is 4.33. The molecule has 0 aliphatic heterocycles. The number of aliphatic hydroxyl groups is 1. The number of hydrogen-bond donors (Lipinski definition) is 4. The molecule has 4 aromatic rings. The van der Waals surface area contributed by atoms with Crippen molar-refractivity contribution in [2.45, 2.75) is 71.6 Å². The Morgan fingerprint density at radius 2 is 1.65 bits per heavy atom. The molecule has 11 heteroatoms. The summed E-state index contributed by atoms with van der Waals surface area (Å²) < 4.78 is 22.2. The first-order valence-corrected chi connectivity index (χ1v) is 16.3. The van der Waals surface area contributed by atoms with Crippen LogP contribution in [0.3, 0.4) is 0 Å². The monoisotopic (exact) mass is 672 g/mol. The number of carbonyl (C=O) groups is 3. The molecular weight excluding hydrogens is 628 g/mol. The molecule has 260 valence electrons. The van der Waals surface area contributed by atoms with Gasteiger partial charge in [-0.25, -0.2) is 4.79 Å². The highest BCUT2D eigenvalue weighted by molar-refractivity contribution is 6.05. The van der Waals surface area contributed by atoms with Crippen LogP contribution in [0.5, 0.6) is 17.2 Å². The number of carbonyl (C=O) groups excluding carboxylic acids is 2. The van der Waals surface area contributed by atoms with Crippen molar-refractivity contribution < 1.29 is 43.2 Å². The van der Waals surface area contributed by atoms with Crippen LogP contribution >= 0.6 is 0 Å². The largest absolute Gasteiger partial charge is 0.494 e. The Balaban J connectivity index is 1.35. The summed E-state index contributed by atoms with van der Waals surface area (Å²) in [6.45, 7) is 6.24. The third-order valence-corrected chi connectivity index (χ3v) is 7.88. The van der Waals surface area contributed by atoms with E-state index < -0.39 is 24.2 Å². The number of nitrogens with one attached hydrogen (secondary N) is 2. The molecule has 49 heavy (non-hydrogen) atoms. The fourth-order valence-corrected chi connectivity index (χ4v) is 5.25. The van der Waals surface area contributed by atoms with Gasteiger partial charge in [-0.15, -0.1) is 0 Å². The van der Waals surface area contributed by atoms with Gasteiger partial charge in [-0.2, -0.15) is 0 Å². The second-order valence-electron chi connectivity index (χ2n) is 11.7. The summed E-state index contributed by atoms with van der Waals surface area (Å²) in [5.74, 6) is 0.0423. The van der Waals surface area contributed by atoms with Crippen molar-refractivity contribution in [2.75, 3.05) is 19.0 Å². The molecule has 0 aliphatic carbocycles. The summed E-state index contributed by atoms with van der Waals surface area (Å²) in [4.78, 5) is 37.8. The number of aliphatic hydroxyl groups excluding tert-OH is 1. The van der Waals surface area contributed by atoms with Crippen LogP contribution in [0.25, 0.3) is 0 Å². The Hall–Kier alpha value is -5.13. The van der Waals surface area contributed by atoms with Gasteiger partial charge in [0.05, 0.1) is 24.8 Å². The molecule has 2 atom stereocenters. The maximum absolute atomic E-state index is 12.9. The number of methoxy groups -OCH3 is 1. The van der Waals surface area contributed by atoms with E-state index >= 15 is 0 Å². The Morgan fingerprint density at radius 3 is 2.33 bits per heavy atom. The molecule has 1 aromatic heterocycles. The smallest absolute Gasteiger partial charge is 0.343 e. The predicted molar refractivity (Wildman–Crippen MR) is 184 cm³/mol. The van der Waals surface area contributed by atoms with Crippen LogP contribution in [0.15, 0.2) is 77.2 Å². The van der Waals surface area contributed by atoms with Crippen LogP contribution in [0.2, 0.25) is 0 Å². The molecule has 4 rings (SSSR count). The summed E-state index contributed by atoms with van der Waals surface area (Å²) >= 11 is 0. The van der Waals surface area contributed by atoms with Crippen LogP contribution in [0.4, 0.5) is 5.69 Å². The third kappa shape index (κ3) is 10.7. The van der Waals surface area contributed by atoms with Gasteiger partial charge in [-0.3, -0.25) is 14.9 Å². The SMILES string of the molecule is CCCCCCCOc1ccc(C(=O)Oc2ccc(CC(NC(O)c3cccc(NC(=O)c4cc(C)oc4C)c3)C(=O)O)cc2OC)cc1. The summed E-state index contributed by atoms with van der Waals surface area (Å²) in [6, 6.07) is 18.4. The minimum absolute atomic E-state index is 0.0212. The van der Waals surface area contributed by atoms with E-state index in [2.05, 4.69) is 17.6 Å². The Morgan fingerprint density at radius 1 is 0.898 bits per heavy atom. The molecule has 0 aliphatic rings. The van der Waals surface area contributed by atoms with Crippen molar-refractivity contribution in [2.24, 2.45) is 0 Å². The average molecular weight is 673 g/mol. The number of aryl methyl sites for hydroxylation is 2. The van der Waals surface area contributed by atoms with Crippen molar-refractivity contribution in [3.8, 4) is 17.2 Å². The van der Waals surface area contributed by atoms with Crippen molar-refractivity contribution >= 4 is 23.5 Å². The van der Waals surface area contributed by atoms with Crippen LogP contribution in [-0.2, 0) is 11.2 Å². The number of esters is 1. The Kier molecular flexibility index (Phi) is 13.4. The number of benzene rings is 3. The molecule has 1 heterocycles. The van der Waals surface area contributed by atoms with Gasteiger partial charge < -0.3 is 34.2 Å². The Labute approximate surface area is 286 Å². The summed E-state index contributed by atoms with van der Waals surface area (Å²) in [5, 5.41) is 26.4. The lowest BCUT2D eigenvalue weighted by Crippen LogP contribution is -2.40. The van der Waals surface area contributed by atoms with Gasteiger partial charge in [0.15, 0.2) is 11.5 Å². The van der Waals surface area contributed by atoms with Gasteiger partial charge >= 0.3 is 11.9 Å². The van der Waals surface area contributed by atoms with Crippen LogP contribution in [-0.4, -0.2) is 47.8 Å². The number of unbranched alkanes of at least 4 members (excludes halogenated alkanes) is 4. The van der Waals surface area contributed by atoms with Gasteiger partial charge in [0, 0.05) is 5.69 Å². The van der Waals surface area contributed by atoms with Crippen LogP contribution < -0.4 is 24.8 Å². The van der Waals surface area contributed by atoms with E-state index in [-0.39, 0.29) is 23.8 Å². The van der Waals surface area contributed by atoms with E-state index in [1.54, 1.807) is 80.6 Å². The summed E-state index contributed by atoms with van der Waals surface area (Å²) in [5.41, 5.74) is 2.06. The first-order chi connectivity index (χ1) is 23.6. The maximum Gasteiger partial charge on any atom is 0.343 e. The van der Waals surface area contributed by atoms with E-state index in [1.807, 2.05) is 0 Å². The first-order valence-electron chi connectivity index (χ1n) is 16.3. The molecule has 4 N–H and O–H groups in total. The zero-order valence-electron chi connectivity index (χ0n) is 28.3.